The van der Waals surface area contributed by atoms with Gasteiger partial charge in [0.05, 0.1) is 0 Å². The molecule has 70 valence electrons. The summed E-state index contributed by atoms with van der Waals surface area (Å²) in [5.41, 5.74) is 2.07. The van der Waals surface area contributed by atoms with Crippen molar-refractivity contribution in [1.82, 2.24) is 9.97 Å². The first-order chi connectivity index (χ1) is 6.27. The fraction of sp³-hybridized carbons (Fsp3) is 0.600. The maximum Gasteiger partial charge on any atom is 0.219 e. The maximum absolute atomic E-state index is 5.71. The van der Waals surface area contributed by atoms with E-state index in [-0.39, 0.29) is 0 Å². The molecule has 0 radical (unpaired) electrons. The summed E-state index contributed by atoms with van der Waals surface area (Å²) in [6, 6.07) is 0. The van der Waals surface area contributed by atoms with Gasteiger partial charge < -0.3 is 4.74 Å². The minimum Gasteiger partial charge on any atom is -0.474 e. The Morgan fingerprint density at radius 3 is 2.69 bits per heavy atom. The molecule has 0 unspecified atom stereocenters. The second kappa shape index (κ2) is 3.32. The van der Waals surface area contributed by atoms with E-state index in [1.54, 1.807) is 6.33 Å². The van der Waals surface area contributed by atoms with Gasteiger partial charge in [0.1, 0.15) is 12.4 Å². The molecule has 1 aromatic heterocycles. The van der Waals surface area contributed by atoms with Gasteiger partial charge in [-0.05, 0) is 33.1 Å². The van der Waals surface area contributed by atoms with Gasteiger partial charge in [0, 0.05) is 11.3 Å². The van der Waals surface area contributed by atoms with E-state index in [2.05, 4.69) is 9.97 Å². The summed E-state index contributed by atoms with van der Waals surface area (Å²) in [5, 5.41) is 0. The molecule has 0 bridgehead atoms. The number of aromatic nitrogens is 2. The third kappa shape index (κ3) is 1.64. The average molecular weight is 178 g/mol. The zero-order valence-electron chi connectivity index (χ0n) is 8.08. The van der Waals surface area contributed by atoms with Crippen LogP contribution in [-0.2, 0) is 0 Å². The van der Waals surface area contributed by atoms with Crippen molar-refractivity contribution in [2.45, 2.75) is 39.2 Å². The lowest BCUT2D eigenvalue weighted by Crippen LogP contribution is -2.25. The predicted octanol–water partition coefficient (Wildman–Crippen LogP) is 2.02. The molecule has 0 aromatic carbocycles. The Hall–Kier alpha value is -1.12. The number of aryl methyl sites for hydroxylation is 1. The van der Waals surface area contributed by atoms with E-state index in [0.29, 0.717) is 6.10 Å². The Morgan fingerprint density at radius 2 is 2.08 bits per heavy atom. The molecular weight excluding hydrogens is 164 g/mol. The number of nitrogens with zero attached hydrogens (tertiary/aromatic N) is 2. The quantitative estimate of drug-likeness (QED) is 0.695. The van der Waals surface area contributed by atoms with Gasteiger partial charge in [0.15, 0.2) is 0 Å². The summed E-state index contributed by atoms with van der Waals surface area (Å²) >= 11 is 0. The van der Waals surface area contributed by atoms with Gasteiger partial charge in [-0.25, -0.2) is 9.97 Å². The van der Waals surface area contributed by atoms with Gasteiger partial charge in [-0.3, -0.25) is 0 Å². The summed E-state index contributed by atoms with van der Waals surface area (Å²) in [6.45, 7) is 3.98. The van der Waals surface area contributed by atoms with Gasteiger partial charge in [0.25, 0.3) is 0 Å². The molecule has 1 heterocycles. The van der Waals surface area contributed by atoms with Gasteiger partial charge in [-0.1, -0.05) is 0 Å². The van der Waals surface area contributed by atoms with Crippen LogP contribution in [0.3, 0.4) is 0 Å². The predicted molar refractivity (Wildman–Crippen MR) is 49.8 cm³/mol. The maximum atomic E-state index is 5.71. The summed E-state index contributed by atoms with van der Waals surface area (Å²) in [6.07, 6.45) is 5.59. The van der Waals surface area contributed by atoms with Gasteiger partial charge in [0.2, 0.25) is 5.88 Å². The Balaban J connectivity index is 2.14. The second-order valence-electron chi connectivity index (χ2n) is 3.56. The van der Waals surface area contributed by atoms with Crippen molar-refractivity contribution in [3.63, 3.8) is 0 Å². The van der Waals surface area contributed by atoms with Gasteiger partial charge in [-0.2, -0.15) is 0 Å². The molecule has 0 amide bonds. The highest BCUT2D eigenvalue weighted by Gasteiger charge is 2.20. The Morgan fingerprint density at radius 1 is 1.31 bits per heavy atom. The molecule has 0 aliphatic heterocycles. The van der Waals surface area contributed by atoms with E-state index in [1.807, 2.05) is 13.8 Å². The fourth-order valence-corrected chi connectivity index (χ4v) is 1.28. The molecule has 1 aliphatic rings. The zero-order chi connectivity index (χ0) is 9.26. The van der Waals surface area contributed by atoms with E-state index in [4.69, 9.17) is 4.74 Å². The lowest BCUT2D eigenvalue weighted by Gasteiger charge is -2.26. The van der Waals surface area contributed by atoms with Crippen molar-refractivity contribution in [2.75, 3.05) is 0 Å². The van der Waals surface area contributed by atoms with E-state index in [0.717, 1.165) is 17.1 Å². The molecule has 1 aromatic rings. The Labute approximate surface area is 78.2 Å². The third-order valence-corrected chi connectivity index (χ3v) is 2.62. The minimum absolute atomic E-state index is 0.396. The van der Waals surface area contributed by atoms with Crippen LogP contribution in [0.1, 0.15) is 30.5 Å². The van der Waals surface area contributed by atoms with Crippen LogP contribution >= 0.6 is 0 Å². The van der Waals surface area contributed by atoms with Crippen molar-refractivity contribution < 1.29 is 4.74 Å². The SMILES string of the molecule is Cc1ncnc(OC2CCC2)c1C. The van der Waals surface area contributed by atoms with Crippen molar-refractivity contribution in [1.29, 1.82) is 0 Å². The van der Waals surface area contributed by atoms with E-state index in [9.17, 15) is 0 Å². The minimum atomic E-state index is 0.396. The third-order valence-electron chi connectivity index (χ3n) is 2.62. The normalized spacial score (nSPS) is 16.8. The molecule has 2 rings (SSSR count). The summed E-state index contributed by atoms with van der Waals surface area (Å²) in [4.78, 5) is 8.23. The average Bonchev–Trinajstić information content (AvgIpc) is 2.04. The molecule has 1 saturated carbocycles. The van der Waals surface area contributed by atoms with Crippen molar-refractivity contribution in [2.24, 2.45) is 0 Å². The smallest absolute Gasteiger partial charge is 0.219 e. The highest BCUT2D eigenvalue weighted by molar-refractivity contribution is 5.27. The van der Waals surface area contributed by atoms with E-state index >= 15 is 0 Å². The monoisotopic (exact) mass is 178 g/mol. The standard InChI is InChI=1S/C10H14N2O/c1-7-8(2)11-6-12-10(7)13-9-4-3-5-9/h6,9H,3-5H2,1-2H3. The fourth-order valence-electron chi connectivity index (χ4n) is 1.28. The first kappa shape index (κ1) is 8.48. The highest BCUT2D eigenvalue weighted by Crippen LogP contribution is 2.25. The summed E-state index contributed by atoms with van der Waals surface area (Å²) in [7, 11) is 0. The van der Waals surface area contributed by atoms with Gasteiger partial charge in [-0.15, -0.1) is 0 Å². The van der Waals surface area contributed by atoms with Crippen LogP contribution < -0.4 is 4.74 Å². The molecule has 1 fully saturated rings. The number of hydrogen-bond acceptors (Lipinski definition) is 3. The molecule has 0 N–H and O–H groups in total. The van der Waals surface area contributed by atoms with Crippen LogP contribution in [0.15, 0.2) is 6.33 Å². The van der Waals surface area contributed by atoms with E-state index < -0.39 is 0 Å². The number of hydrogen-bond donors (Lipinski definition) is 0. The number of ether oxygens (including phenoxy) is 1. The van der Waals surface area contributed by atoms with Crippen LogP contribution in [0, 0.1) is 13.8 Å². The van der Waals surface area contributed by atoms with Gasteiger partial charge >= 0.3 is 0 Å². The van der Waals surface area contributed by atoms with E-state index in [1.165, 1.54) is 19.3 Å². The van der Waals surface area contributed by atoms with Crippen LogP contribution in [-0.4, -0.2) is 16.1 Å². The van der Waals surface area contributed by atoms with Crippen molar-refractivity contribution in [3.05, 3.63) is 17.6 Å². The molecule has 0 spiro atoms. The lowest BCUT2D eigenvalue weighted by atomic mass is 9.96. The van der Waals surface area contributed by atoms with Crippen molar-refractivity contribution in [3.8, 4) is 5.88 Å². The lowest BCUT2D eigenvalue weighted by molar-refractivity contribution is 0.113. The molecular formula is C10H14N2O. The topological polar surface area (TPSA) is 35.0 Å². The molecule has 13 heavy (non-hydrogen) atoms. The zero-order valence-corrected chi connectivity index (χ0v) is 8.08. The van der Waals surface area contributed by atoms with Crippen molar-refractivity contribution >= 4 is 0 Å². The van der Waals surface area contributed by atoms with Crippen LogP contribution in [0.25, 0.3) is 0 Å². The summed E-state index contributed by atoms with van der Waals surface area (Å²) < 4.78 is 5.71. The second-order valence-corrected chi connectivity index (χ2v) is 3.56. The molecule has 3 heteroatoms. The summed E-state index contributed by atoms with van der Waals surface area (Å²) in [5.74, 6) is 0.761. The first-order valence-corrected chi connectivity index (χ1v) is 4.72. The first-order valence-electron chi connectivity index (χ1n) is 4.72. The van der Waals surface area contributed by atoms with Crippen LogP contribution in [0.4, 0.5) is 0 Å². The van der Waals surface area contributed by atoms with Crippen LogP contribution in [0.2, 0.25) is 0 Å². The molecule has 0 atom stereocenters. The van der Waals surface area contributed by atoms with Crippen LogP contribution in [0.5, 0.6) is 5.88 Å². The molecule has 0 saturated heterocycles. The Kier molecular flexibility index (Phi) is 2.17. The molecule has 3 nitrogen and oxygen atoms in total. The number of rotatable bonds is 2. The Bertz CT molecular complexity index is 308. The largest absolute Gasteiger partial charge is 0.474 e. The molecule has 1 aliphatic carbocycles. The highest BCUT2D eigenvalue weighted by atomic mass is 16.5.